The summed E-state index contributed by atoms with van der Waals surface area (Å²) in [4.78, 5) is 4.52. The quantitative estimate of drug-likeness (QED) is 0.364. The molecule has 30 heavy (non-hydrogen) atoms. The first kappa shape index (κ1) is 19.5. The van der Waals surface area contributed by atoms with Crippen LogP contribution in [0.25, 0.3) is 22.4 Å². The fourth-order valence-corrected chi connectivity index (χ4v) is 3.39. The molecule has 0 fully saturated rings. The highest BCUT2D eigenvalue weighted by atomic mass is 35.5. The normalized spacial score (nSPS) is 10.3. The molecule has 3 aromatic carbocycles. The predicted octanol–water partition coefficient (Wildman–Crippen LogP) is 6.74. The second-order valence-electron chi connectivity index (χ2n) is 6.49. The van der Waals surface area contributed by atoms with E-state index < -0.39 is 0 Å². The Morgan fingerprint density at radius 2 is 1.40 bits per heavy atom. The Hall–Kier alpha value is -3.81. The maximum Gasteiger partial charge on any atom is 0.127 e. The van der Waals surface area contributed by atoms with Crippen molar-refractivity contribution in [3.63, 3.8) is 0 Å². The third kappa shape index (κ3) is 3.98. The smallest absolute Gasteiger partial charge is 0.127 e. The summed E-state index contributed by atoms with van der Waals surface area (Å²) < 4.78 is 11.0. The van der Waals surface area contributed by atoms with Crippen molar-refractivity contribution in [2.24, 2.45) is 0 Å². The number of halogens is 1. The van der Waals surface area contributed by atoms with E-state index in [-0.39, 0.29) is 0 Å². The van der Waals surface area contributed by atoms with E-state index in [1.54, 1.807) is 13.3 Å². The third-order valence-corrected chi connectivity index (χ3v) is 5.01. The highest BCUT2D eigenvalue weighted by Gasteiger charge is 2.16. The van der Waals surface area contributed by atoms with Crippen LogP contribution in [0.3, 0.4) is 0 Å². The highest BCUT2D eigenvalue weighted by molar-refractivity contribution is 6.34. The van der Waals surface area contributed by atoms with E-state index in [0.717, 1.165) is 22.6 Å². The minimum absolute atomic E-state index is 0.324. The molecule has 146 valence electrons. The number of nitrogens with zero attached hydrogens (tertiary/aromatic N) is 2. The Labute approximate surface area is 179 Å². The topological polar surface area (TPSA) is 55.1 Å². The van der Waals surface area contributed by atoms with Crippen LogP contribution in [0.2, 0.25) is 5.02 Å². The molecule has 4 nitrogen and oxygen atoms in total. The fourth-order valence-electron chi connectivity index (χ4n) is 3.09. The van der Waals surface area contributed by atoms with Crippen molar-refractivity contribution >= 4 is 11.6 Å². The molecule has 0 atom stereocenters. The maximum absolute atomic E-state index is 9.76. The first-order chi connectivity index (χ1) is 14.7. The van der Waals surface area contributed by atoms with Crippen LogP contribution in [0.1, 0.15) is 5.56 Å². The number of nitriles is 1. The number of aromatic nitrogens is 1. The second-order valence-corrected chi connectivity index (χ2v) is 6.87. The Balaban J connectivity index is 1.65. The number of methoxy groups -OCH3 is 1. The standard InChI is InChI=1S/C25H17ClN2O2/c1-29-19-11-9-18(10-12-19)25-24(26)22(15-27)23(16-28-25)17-7-13-21(14-8-17)30-20-5-3-2-4-6-20/h2-14,16H,1H3. The van der Waals surface area contributed by atoms with Crippen LogP contribution in [0.5, 0.6) is 17.2 Å². The number of para-hydroxylation sites is 1. The van der Waals surface area contributed by atoms with Crippen LogP contribution in [0.15, 0.2) is 85.1 Å². The van der Waals surface area contributed by atoms with Gasteiger partial charge in [-0.3, -0.25) is 4.98 Å². The maximum atomic E-state index is 9.76. The van der Waals surface area contributed by atoms with Gasteiger partial charge in [0.1, 0.15) is 23.3 Å². The Kier molecular flexibility index (Phi) is 5.65. The van der Waals surface area contributed by atoms with Gasteiger partial charge in [0.25, 0.3) is 0 Å². The van der Waals surface area contributed by atoms with Crippen molar-refractivity contribution in [1.29, 1.82) is 5.26 Å². The van der Waals surface area contributed by atoms with Gasteiger partial charge >= 0.3 is 0 Å². The Morgan fingerprint density at radius 1 is 0.800 bits per heavy atom. The molecule has 0 aliphatic heterocycles. The summed E-state index contributed by atoms with van der Waals surface area (Å²) >= 11 is 6.57. The van der Waals surface area contributed by atoms with E-state index in [0.29, 0.717) is 27.6 Å². The molecule has 0 unspecified atom stereocenters. The van der Waals surface area contributed by atoms with Crippen molar-refractivity contribution in [3.05, 3.63) is 95.6 Å². The molecule has 4 rings (SSSR count). The summed E-state index contributed by atoms with van der Waals surface area (Å²) in [5, 5.41) is 10.1. The van der Waals surface area contributed by atoms with E-state index in [4.69, 9.17) is 21.1 Å². The van der Waals surface area contributed by atoms with Crippen LogP contribution in [-0.2, 0) is 0 Å². The van der Waals surface area contributed by atoms with Gasteiger partial charge in [0.05, 0.1) is 23.4 Å². The number of rotatable bonds is 5. The average molecular weight is 413 g/mol. The first-order valence-electron chi connectivity index (χ1n) is 9.26. The van der Waals surface area contributed by atoms with Crippen LogP contribution in [0.4, 0.5) is 0 Å². The molecule has 4 aromatic rings. The fraction of sp³-hybridized carbons (Fsp3) is 0.0400. The van der Waals surface area contributed by atoms with Gasteiger partial charge in [0.2, 0.25) is 0 Å². The zero-order valence-electron chi connectivity index (χ0n) is 16.2. The summed E-state index contributed by atoms with van der Waals surface area (Å²) in [6.45, 7) is 0. The van der Waals surface area contributed by atoms with Gasteiger partial charge in [-0.05, 0) is 54.1 Å². The highest BCUT2D eigenvalue weighted by Crippen LogP contribution is 2.36. The lowest BCUT2D eigenvalue weighted by Crippen LogP contribution is -1.94. The number of hydrogen-bond donors (Lipinski definition) is 0. The van der Waals surface area contributed by atoms with Crippen LogP contribution in [-0.4, -0.2) is 12.1 Å². The first-order valence-corrected chi connectivity index (χ1v) is 9.64. The Morgan fingerprint density at radius 3 is 2.03 bits per heavy atom. The van der Waals surface area contributed by atoms with E-state index >= 15 is 0 Å². The molecule has 1 aromatic heterocycles. The summed E-state index contributed by atoms with van der Waals surface area (Å²) in [5.74, 6) is 2.21. The molecule has 0 amide bonds. The van der Waals surface area contributed by atoms with Gasteiger partial charge in [0, 0.05) is 17.3 Å². The monoisotopic (exact) mass is 412 g/mol. The largest absolute Gasteiger partial charge is 0.497 e. The molecule has 1 heterocycles. The summed E-state index contributed by atoms with van der Waals surface area (Å²) in [5.41, 5.74) is 3.27. The average Bonchev–Trinajstić information content (AvgIpc) is 2.80. The van der Waals surface area contributed by atoms with E-state index in [2.05, 4.69) is 11.1 Å². The molecular formula is C25H17ClN2O2. The lowest BCUT2D eigenvalue weighted by Gasteiger charge is -2.11. The second kappa shape index (κ2) is 8.69. The molecule has 0 spiro atoms. The lowest BCUT2D eigenvalue weighted by molar-refractivity contribution is 0.415. The molecule has 5 heteroatoms. The minimum Gasteiger partial charge on any atom is -0.497 e. The van der Waals surface area contributed by atoms with Crippen LogP contribution < -0.4 is 9.47 Å². The van der Waals surface area contributed by atoms with Gasteiger partial charge in [0.15, 0.2) is 0 Å². The SMILES string of the molecule is COc1ccc(-c2ncc(-c3ccc(Oc4ccccc4)cc3)c(C#N)c2Cl)cc1. The molecule has 0 aliphatic rings. The minimum atomic E-state index is 0.324. The van der Waals surface area contributed by atoms with E-state index in [9.17, 15) is 5.26 Å². The lowest BCUT2D eigenvalue weighted by atomic mass is 10.00. The number of benzene rings is 3. The van der Waals surface area contributed by atoms with Crippen LogP contribution in [0, 0.1) is 11.3 Å². The van der Waals surface area contributed by atoms with E-state index in [1.807, 2.05) is 78.9 Å². The van der Waals surface area contributed by atoms with Crippen molar-refractivity contribution in [3.8, 4) is 45.7 Å². The molecule has 0 N–H and O–H groups in total. The Bertz CT molecular complexity index is 1200. The van der Waals surface area contributed by atoms with Crippen molar-refractivity contribution < 1.29 is 9.47 Å². The van der Waals surface area contributed by atoms with Gasteiger partial charge in [-0.2, -0.15) is 5.26 Å². The van der Waals surface area contributed by atoms with Gasteiger partial charge < -0.3 is 9.47 Å². The summed E-state index contributed by atoms with van der Waals surface area (Å²) in [7, 11) is 1.61. The summed E-state index contributed by atoms with van der Waals surface area (Å²) in [6, 6.07) is 26.7. The molecule has 0 aliphatic carbocycles. The van der Waals surface area contributed by atoms with Crippen molar-refractivity contribution in [1.82, 2.24) is 4.98 Å². The molecular weight excluding hydrogens is 396 g/mol. The van der Waals surface area contributed by atoms with Crippen molar-refractivity contribution in [2.75, 3.05) is 7.11 Å². The van der Waals surface area contributed by atoms with Gasteiger partial charge in [-0.15, -0.1) is 0 Å². The molecule has 0 bridgehead atoms. The zero-order chi connectivity index (χ0) is 20.9. The molecule has 0 saturated carbocycles. The molecule has 0 saturated heterocycles. The number of ether oxygens (including phenoxy) is 2. The predicted molar refractivity (Wildman–Crippen MR) is 118 cm³/mol. The van der Waals surface area contributed by atoms with Crippen molar-refractivity contribution in [2.45, 2.75) is 0 Å². The summed E-state index contributed by atoms with van der Waals surface area (Å²) in [6.07, 6.45) is 1.68. The molecule has 0 radical (unpaired) electrons. The van der Waals surface area contributed by atoms with Gasteiger partial charge in [-0.25, -0.2) is 0 Å². The number of pyridine rings is 1. The third-order valence-electron chi connectivity index (χ3n) is 4.64. The zero-order valence-corrected chi connectivity index (χ0v) is 16.9. The van der Waals surface area contributed by atoms with Crippen LogP contribution >= 0.6 is 11.6 Å². The number of hydrogen-bond acceptors (Lipinski definition) is 4. The van der Waals surface area contributed by atoms with Gasteiger partial charge in [-0.1, -0.05) is 41.9 Å². The van der Waals surface area contributed by atoms with E-state index in [1.165, 1.54) is 0 Å².